The minimum absolute atomic E-state index is 0.0210. The first-order valence-corrected chi connectivity index (χ1v) is 6.99. The zero-order valence-electron chi connectivity index (χ0n) is 12.0. The molecule has 22 heavy (non-hydrogen) atoms. The summed E-state index contributed by atoms with van der Waals surface area (Å²) in [5.74, 6) is 1.24. The molecule has 1 N–H and O–H groups in total. The molecule has 0 saturated carbocycles. The van der Waals surface area contributed by atoms with Gasteiger partial charge in [0.2, 0.25) is 5.88 Å². The first-order chi connectivity index (χ1) is 10.8. The molecule has 0 fully saturated rings. The Kier molecular flexibility index (Phi) is 3.00. The summed E-state index contributed by atoms with van der Waals surface area (Å²) in [6, 6.07) is 9.49. The summed E-state index contributed by atoms with van der Waals surface area (Å²) in [5, 5.41) is 3.46. The van der Waals surface area contributed by atoms with Crippen molar-refractivity contribution in [2.75, 3.05) is 19.0 Å². The van der Waals surface area contributed by atoms with Gasteiger partial charge in [0, 0.05) is 12.3 Å². The van der Waals surface area contributed by atoms with Crippen LogP contribution in [0.3, 0.4) is 0 Å². The molecule has 0 aromatic carbocycles. The molecule has 1 aliphatic rings. The molecular weight excluding hydrogens is 280 g/mol. The van der Waals surface area contributed by atoms with E-state index in [2.05, 4.69) is 20.3 Å². The lowest BCUT2D eigenvalue weighted by Gasteiger charge is -2.27. The molecule has 1 atom stereocenters. The van der Waals surface area contributed by atoms with Crippen molar-refractivity contribution in [2.24, 2.45) is 0 Å². The van der Waals surface area contributed by atoms with Crippen LogP contribution in [0.1, 0.15) is 11.7 Å². The van der Waals surface area contributed by atoms with Gasteiger partial charge < -0.3 is 14.8 Å². The quantitative estimate of drug-likeness (QED) is 0.783. The van der Waals surface area contributed by atoms with Crippen molar-refractivity contribution in [1.29, 1.82) is 0 Å². The molecule has 1 aliphatic heterocycles. The van der Waals surface area contributed by atoms with Crippen LogP contribution in [-0.2, 0) is 0 Å². The van der Waals surface area contributed by atoms with Crippen LogP contribution < -0.4 is 14.8 Å². The van der Waals surface area contributed by atoms with Gasteiger partial charge in [-0.3, -0.25) is 9.97 Å². The van der Waals surface area contributed by atoms with Crippen molar-refractivity contribution >= 4 is 16.7 Å². The van der Waals surface area contributed by atoms with Crippen LogP contribution in [-0.4, -0.2) is 28.7 Å². The molecular formula is C16H14N4O2. The Morgan fingerprint density at radius 2 is 2.18 bits per heavy atom. The number of aromatic nitrogens is 3. The van der Waals surface area contributed by atoms with E-state index in [4.69, 9.17) is 9.47 Å². The smallest absolute Gasteiger partial charge is 0.213 e. The summed E-state index contributed by atoms with van der Waals surface area (Å²) in [6.45, 7) is 0.501. The lowest BCUT2D eigenvalue weighted by Crippen LogP contribution is -2.25. The van der Waals surface area contributed by atoms with Crippen LogP contribution in [0.5, 0.6) is 11.6 Å². The maximum absolute atomic E-state index is 5.83. The minimum atomic E-state index is -0.0210. The summed E-state index contributed by atoms with van der Waals surface area (Å²) >= 11 is 0. The number of nitrogens with one attached hydrogen (secondary N) is 1. The minimum Gasteiger partial charge on any atom is -0.487 e. The van der Waals surface area contributed by atoms with Crippen LogP contribution in [0.4, 0.5) is 5.69 Å². The van der Waals surface area contributed by atoms with Gasteiger partial charge >= 0.3 is 0 Å². The van der Waals surface area contributed by atoms with Gasteiger partial charge in [0.05, 0.1) is 24.5 Å². The predicted molar refractivity (Wildman–Crippen MR) is 82.2 cm³/mol. The molecule has 3 aromatic rings. The Morgan fingerprint density at radius 1 is 1.23 bits per heavy atom. The molecule has 110 valence electrons. The molecule has 0 radical (unpaired) electrons. The average molecular weight is 294 g/mol. The Balaban J connectivity index is 1.80. The number of fused-ring (bicyclic) bond motifs is 3. The van der Waals surface area contributed by atoms with Gasteiger partial charge in [0.15, 0.2) is 5.75 Å². The third-order valence-electron chi connectivity index (χ3n) is 3.63. The van der Waals surface area contributed by atoms with Crippen LogP contribution in [0.2, 0.25) is 0 Å². The van der Waals surface area contributed by atoms with Crippen molar-refractivity contribution in [2.45, 2.75) is 6.04 Å². The normalized spacial score (nSPS) is 16.5. The number of hydrogen-bond donors (Lipinski definition) is 1. The second-order valence-corrected chi connectivity index (χ2v) is 4.98. The van der Waals surface area contributed by atoms with Crippen molar-refractivity contribution in [3.8, 4) is 11.6 Å². The van der Waals surface area contributed by atoms with E-state index in [-0.39, 0.29) is 6.04 Å². The first-order valence-electron chi connectivity index (χ1n) is 6.99. The van der Waals surface area contributed by atoms with E-state index in [0.717, 1.165) is 22.4 Å². The molecule has 6 heteroatoms. The van der Waals surface area contributed by atoms with E-state index in [1.165, 1.54) is 0 Å². The number of nitrogens with zero attached hydrogens (tertiary/aromatic N) is 3. The summed E-state index contributed by atoms with van der Waals surface area (Å²) in [5.41, 5.74) is 3.28. The molecule has 0 saturated heterocycles. The Labute approximate surface area is 127 Å². The second-order valence-electron chi connectivity index (χ2n) is 4.98. The van der Waals surface area contributed by atoms with Gasteiger partial charge in [-0.25, -0.2) is 4.98 Å². The molecule has 0 amide bonds. The van der Waals surface area contributed by atoms with Crippen LogP contribution in [0.25, 0.3) is 11.0 Å². The molecule has 0 spiro atoms. The van der Waals surface area contributed by atoms with Gasteiger partial charge in [0.25, 0.3) is 0 Å². The van der Waals surface area contributed by atoms with Crippen molar-refractivity contribution in [3.05, 3.63) is 48.4 Å². The largest absolute Gasteiger partial charge is 0.487 e. The number of hydrogen-bond acceptors (Lipinski definition) is 6. The highest BCUT2D eigenvalue weighted by atomic mass is 16.5. The molecule has 4 rings (SSSR count). The number of ether oxygens (including phenoxy) is 2. The summed E-state index contributed by atoms with van der Waals surface area (Å²) in [4.78, 5) is 13.2. The van der Waals surface area contributed by atoms with E-state index in [1.54, 1.807) is 25.6 Å². The topological polar surface area (TPSA) is 69.2 Å². The van der Waals surface area contributed by atoms with E-state index >= 15 is 0 Å². The number of methoxy groups -OCH3 is 1. The lowest BCUT2D eigenvalue weighted by atomic mass is 10.1. The Hall–Kier alpha value is -2.89. The highest BCUT2D eigenvalue weighted by Gasteiger charge is 2.24. The summed E-state index contributed by atoms with van der Waals surface area (Å²) in [7, 11) is 1.59. The molecule has 6 nitrogen and oxygen atoms in total. The van der Waals surface area contributed by atoms with Gasteiger partial charge in [-0.1, -0.05) is 6.07 Å². The van der Waals surface area contributed by atoms with Gasteiger partial charge in [-0.15, -0.1) is 0 Å². The maximum atomic E-state index is 5.83. The van der Waals surface area contributed by atoms with Crippen LogP contribution >= 0.6 is 0 Å². The number of rotatable bonds is 2. The molecule has 4 heterocycles. The van der Waals surface area contributed by atoms with Gasteiger partial charge in [0.1, 0.15) is 23.9 Å². The zero-order chi connectivity index (χ0) is 14.9. The fourth-order valence-electron chi connectivity index (χ4n) is 2.52. The maximum Gasteiger partial charge on any atom is 0.213 e. The Morgan fingerprint density at radius 3 is 3.00 bits per heavy atom. The SMILES string of the molecule is COc1ccc2ncc3c(c2n1)NC(c1ccccn1)CO3. The second kappa shape index (κ2) is 5.14. The fraction of sp³-hybridized carbons (Fsp3) is 0.188. The van der Waals surface area contributed by atoms with Gasteiger partial charge in [-0.2, -0.15) is 0 Å². The van der Waals surface area contributed by atoms with Gasteiger partial charge in [-0.05, 0) is 18.2 Å². The summed E-state index contributed by atoms with van der Waals surface area (Å²) in [6.07, 6.45) is 3.49. The monoisotopic (exact) mass is 294 g/mol. The fourth-order valence-corrected chi connectivity index (χ4v) is 2.52. The van der Waals surface area contributed by atoms with Crippen LogP contribution in [0.15, 0.2) is 42.7 Å². The number of pyridine rings is 3. The average Bonchev–Trinajstić information content (AvgIpc) is 2.61. The third kappa shape index (κ3) is 2.09. The number of anilines is 1. The van der Waals surface area contributed by atoms with Crippen molar-refractivity contribution in [1.82, 2.24) is 15.0 Å². The van der Waals surface area contributed by atoms with E-state index in [1.807, 2.05) is 24.3 Å². The highest BCUT2D eigenvalue weighted by molar-refractivity contribution is 5.91. The van der Waals surface area contributed by atoms with E-state index in [9.17, 15) is 0 Å². The first kappa shape index (κ1) is 12.8. The van der Waals surface area contributed by atoms with Crippen LogP contribution in [0, 0.1) is 0 Å². The van der Waals surface area contributed by atoms with E-state index in [0.29, 0.717) is 18.2 Å². The molecule has 3 aromatic heterocycles. The molecule has 1 unspecified atom stereocenters. The third-order valence-corrected chi connectivity index (χ3v) is 3.63. The van der Waals surface area contributed by atoms with Crippen molar-refractivity contribution in [3.63, 3.8) is 0 Å². The predicted octanol–water partition coefficient (Wildman–Crippen LogP) is 2.58. The van der Waals surface area contributed by atoms with Crippen molar-refractivity contribution < 1.29 is 9.47 Å². The molecule has 0 bridgehead atoms. The molecule has 0 aliphatic carbocycles. The Bertz CT molecular complexity index is 818. The summed E-state index contributed by atoms with van der Waals surface area (Å²) < 4.78 is 11.0. The standard InChI is InChI=1S/C16H14N4O2/c1-21-14-6-5-11-15(20-14)16-13(8-18-11)22-9-12(19-16)10-4-2-3-7-17-10/h2-8,12,19H,9H2,1H3. The van der Waals surface area contributed by atoms with E-state index < -0.39 is 0 Å². The zero-order valence-corrected chi connectivity index (χ0v) is 12.0. The lowest BCUT2D eigenvalue weighted by molar-refractivity contribution is 0.284. The highest BCUT2D eigenvalue weighted by Crippen LogP contribution is 2.37.